The summed E-state index contributed by atoms with van der Waals surface area (Å²) < 4.78 is 11.3. The van der Waals surface area contributed by atoms with Gasteiger partial charge in [0.1, 0.15) is 18.2 Å². The third kappa shape index (κ3) is 7.51. The number of ether oxygens (including phenoxy) is 2. The molecular formula is C30H42N6O4. The van der Waals surface area contributed by atoms with Crippen molar-refractivity contribution in [3.8, 4) is 5.75 Å². The van der Waals surface area contributed by atoms with Crippen molar-refractivity contribution in [2.75, 3.05) is 77.1 Å². The summed E-state index contributed by atoms with van der Waals surface area (Å²) in [6.45, 7) is 9.29. The Kier molecular flexibility index (Phi) is 9.53. The molecule has 216 valence electrons. The Morgan fingerprint density at radius 1 is 1.02 bits per heavy atom. The van der Waals surface area contributed by atoms with Crippen LogP contribution in [0.3, 0.4) is 0 Å². The largest absolute Gasteiger partial charge is 0.492 e. The topological polar surface area (TPSA) is 119 Å². The summed E-state index contributed by atoms with van der Waals surface area (Å²) in [7, 11) is 0. The van der Waals surface area contributed by atoms with Crippen molar-refractivity contribution in [3.05, 3.63) is 59.7 Å². The number of hydrogen-bond donors (Lipinski definition) is 3. The van der Waals surface area contributed by atoms with Crippen LogP contribution in [0.15, 0.2) is 48.5 Å². The molecule has 0 aromatic heterocycles. The van der Waals surface area contributed by atoms with E-state index in [9.17, 15) is 9.90 Å². The van der Waals surface area contributed by atoms with Gasteiger partial charge in [-0.05, 0) is 61.7 Å². The minimum absolute atomic E-state index is 0.0424. The van der Waals surface area contributed by atoms with Crippen LogP contribution in [-0.4, -0.2) is 110 Å². The summed E-state index contributed by atoms with van der Waals surface area (Å²) in [6.07, 6.45) is 1.41. The number of amidine groups is 1. The van der Waals surface area contributed by atoms with Crippen molar-refractivity contribution in [3.63, 3.8) is 0 Å². The molecule has 2 aromatic carbocycles. The summed E-state index contributed by atoms with van der Waals surface area (Å²) in [6, 6.07) is 15.4. The number of β-amino-alcohol motifs (C(OH)–C–C–N with tert-alkyl or cyclic N) is 1. The van der Waals surface area contributed by atoms with Gasteiger partial charge in [0.15, 0.2) is 0 Å². The number of morpholine rings is 1. The molecular weight excluding hydrogens is 508 g/mol. The van der Waals surface area contributed by atoms with Gasteiger partial charge in [-0.3, -0.25) is 20.1 Å². The number of anilines is 1. The average molecular weight is 551 g/mol. The number of nitrogen functional groups attached to an aromatic ring is 1. The maximum absolute atomic E-state index is 13.3. The maximum Gasteiger partial charge on any atom is 0.324 e. The Bertz CT molecular complexity index is 1130. The number of aliphatic hydroxyl groups is 1. The zero-order valence-corrected chi connectivity index (χ0v) is 23.2. The van der Waals surface area contributed by atoms with E-state index in [-0.39, 0.29) is 18.4 Å². The Balaban J connectivity index is 1.06. The van der Waals surface area contributed by atoms with Crippen LogP contribution in [0.25, 0.3) is 0 Å². The molecule has 0 radical (unpaired) electrons. The van der Waals surface area contributed by atoms with Crippen LogP contribution in [0.4, 0.5) is 10.5 Å². The Morgan fingerprint density at radius 3 is 2.50 bits per heavy atom. The number of rotatable bonds is 10. The summed E-state index contributed by atoms with van der Waals surface area (Å²) in [5.74, 6) is 1.27. The number of hydrogen-bond acceptors (Lipinski definition) is 7. The monoisotopic (exact) mass is 550 g/mol. The van der Waals surface area contributed by atoms with Gasteiger partial charge in [-0.25, -0.2) is 4.79 Å². The summed E-state index contributed by atoms with van der Waals surface area (Å²) >= 11 is 0. The summed E-state index contributed by atoms with van der Waals surface area (Å²) in [5.41, 5.74) is 8.14. The van der Waals surface area contributed by atoms with Crippen LogP contribution in [-0.2, 0) is 11.3 Å². The van der Waals surface area contributed by atoms with E-state index in [1.807, 2.05) is 6.07 Å². The third-order valence-corrected chi connectivity index (χ3v) is 8.09. The quantitative estimate of drug-likeness (QED) is 0.307. The second-order valence-electron chi connectivity index (χ2n) is 11.1. The lowest BCUT2D eigenvalue weighted by Crippen LogP contribution is -2.57. The van der Waals surface area contributed by atoms with Crippen molar-refractivity contribution in [1.29, 1.82) is 5.41 Å². The fourth-order valence-corrected chi connectivity index (χ4v) is 5.77. The highest BCUT2D eigenvalue weighted by Crippen LogP contribution is 2.26. The van der Waals surface area contributed by atoms with E-state index in [1.165, 1.54) is 5.56 Å². The van der Waals surface area contributed by atoms with E-state index in [0.29, 0.717) is 36.9 Å². The molecule has 10 heteroatoms. The van der Waals surface area contributed by atoms with E-state index in [0.717, 1.165) is 71.1 Å². The zero-order valence-electron chi connectivity index (χ0n) is 23.2. The highest BCUT2D eigenvalue weighted by Gasteiger charge is 2.34. The minimum Gasteiger partial charge on any atom is -0.492 e. The fraction of sp³-hybridized carbons (Fsp3) is 0.533. The molecule has 4 N–H and O–H groups in total. The highest BCUT2D eigenvalue weighted by molar-refractivity contribution is 5.98. The van der Waals surface area contributed by atoms with Crippen LogP contribution < -0.4 is 15.4 Å². The molecule has 2 amide bonds. The molecule has 0 bridgehead atoms. The molecule has 1 atom stereocenters. The fourth-order valence-electron chi connectivity index (χ4n) is 5.77. The molecule has 3 aliphatic heterocycles. The average Bonchev–Trinajstić information content (AvgIpc) is 2.97. The lowest BCUT2D eigenvalue weighted by molar-refractivity contribution is 0.0322. The van der Waals surface area contributed by atoms with Crippen LogP contribution in [0.5, 0.6) is 5.75 Å². The summed E-state index contributed by atoms with van der Waals surface area (Å²) in [5, 5.41) is 18.2. The second kappa shape index (κ2) is 13.5. The molecule has 3 fully saturated rings. The molecule has 3 heterocycles. The first-order valence-corrected chi connectivity index (χ1v) is 14.4. The van der Waals surface area contributed by atoms with E-state index in [4.69, 9.17) is 20.6 Å². The number of amides is 2. The molecule has 2 aromatic rings. The van der Waals surface area contributed by atoms with Gasteiger partial charge in [0.2, 0.25) is 0 Å². The van der Waals surface area contributed by atoms with E-state index >= 15 is 0 Å². The van der Waals surface area contributed by atoms with E-state index < -0.39 is 6.10 Å². The van der Waals surface area contributed by atoms with Crippen molar-refractivity contribution in [2.24, 2.45) is 11.7 Å². The first-order valence-electron chi connectivity index (χ1n) is 14.4. The van der Waals surface area contributed by atoms with Gasteiger partial charge in [-0.1, -0.05) is 24.3 Å². The van der Waals surface area contributed by atoms with Gasteiger partial charge in [-0.2, -0.15) is 0 Å². The molecule has 10 nitrogen and oxygen atoms in total. The van der Waals surface area contributed by atoms with Gasteiger partial charge in [-0.15, -0.1) is 0 Å². The maximum atomic E-state index is 13.3. The van der Waals surface area contributed by atoms with Crippen LogP contribution in [0, 0.1) is 11.3 Å². The van der Waals surface area contributed by atoms with Gasteiger partial charge in [0, 0.05) is 44.0 Å². The lowest BCUT2D eigenvalue weighted by Gasteiger charge is -2.41. The number of carbonyl (C=O) groups is 1. The van der Waals surface area contributed by atoms with Gasteiger partial charge >= 0.3 is 6.03 Å². The lowest BCUT2D eigenvalue weighted by atomic mass is 9.95. The Hall–Kier alpha value is -3.18. The molecule has 1 unspecified atom stereocenters. The molecule has 40 heavy (non-hydrogen) atoms. The normalized spacial score (nSPS) is 21.5. The standard InChI is InChI=1S/C30H42N6O4/c31-29(32)25-2-1-3-26(18-25)36-22-27(37)21-35(30(36)38)20-24-8-10-34(11-9-24)19-23-4-6-28(7-5-23)40-17-14-33-12-15-39-16-13-33/h1-7,18,24,27,37H,8-17,19-22H2,(H3,31,32). The predicted octanol–water partition coefficient (Wildman–Crippen LogP) is 2.20. The summed E-state index contributed by atoms with van der Waals surface area (Å²) in [4.78, 5) is 21.6. The molecule has 0 spiro atoms. The first-order chi connectivity index (χ1) is 19.4. The Morgan fingerprint density at radius 2 is 1.77 bits per heavy atom. The number of aliphatic hydroxyl groups excluding tert-OH is 1. The predicted molar refractivity (Wildman–Crippen MR) is 155 cm³/mol. The van der Waals surface area contributed by atoms with Crippen molar-refractivity contribution in [1.82, 2.24) is 14.7 Å². The number of carbonyl (C=O) groups excluding carboxylic acids is 1. The van der Waals surface area contributed by atoms with E-state index in [2.05, 4.69) is 34.1 Å². The second-order valence-corrected chi connectivity index (χ2v) is 11.1. The first kappa shape index (κ1) is 28.4. The molecule has 3 saturated heterocycles. The zero-order chi connectivity index (χ0) is 27.9. The van der Waals surface area contributed by atoms with E-state index in [1.54, 1.807) is 28.0 Å². The van der Waals surface area contributed by atoms with Crippen molar-refractivity contribution in [2.45, 2.75) is 25.5 Å². The molecule has 3 aliphatic rings. The Labute approximate surface area is 236 Å². The smallest absolute Gasteiger partial charge is 0.324 e. The minimum atomic E-state index is -0.620. The highest BCUT2D eigenvalue weighted by atomic mass is 16.5. The number of urea groups is 1. The third-order valence-electron chi connectivity index (χ3n) is 8.09. The SMILES string of the molecule is N=C(N)c1cccc(N2CC(O)CN(CC3CCN(Cc4ccc(OCCN5CCOCC5)cc4)CC3)C2=O)c1. The molecule has 0 saturated carbocycles. The number of benzene rings is 2. The number of nitrogens with zero attached hydrogens (tertiary/aromatic N) is 4. The van der Waals surface area contributed by atoms with Gasteiger partial charge < -0.3 is 25.2 Å². The van der Waals surface area contributed by atoms with Crippen LogP contribution >= 0.6 is 0 Å². The van der Waals surface area contributed by atoms with Crippen molar-refractivity contribution >= 4 is 17.6 Å². The van der Waals surface area contributed by atoms with Crippen LogP contribution in [0.2, 0.25) is 0 Å². The van der Waals surface area contributed by atoms with Crippen molar-refractivity contribution < 1.29 is 19.4 Å². The van der Waals surface area contributed by atoms with Gasteiger partial charge in [0.25, 0.3) is 0 Å². The number of nitrogens with one attached hydrogen (secondary N) is 1. The van der Waals surface area contributed by atoms with Gasteiger partial charge in [0.05, 0.1) is 32.4 Å². The van der Waals surface area contributed by atoms with Crippen LogP contribution in [0.1, 0.15) is 24.0 Å². The number of nitrogens with two attached hydrogens (primary N) is 1. The number of piperidine rings is 1. The molecule has 5 rings (SSSR count). The molecule has 0 aliphatic carbocycles. The number of likely N-dealkylation sites (tertiary alicyclic amines) is 1.